The molecule has 0 bridgehead atoms. The van der Waals surface area contributed by atoms with Gasteiger partial charge in [-0.2, -0.15) is 0 Å². The van der Waals surface area contributed by atoms with E-state index < -0.39 is 0 Å². The maximum Gasteiger partial charge on any atom is 0.410 e. The van der Waals surface area contributed by atoms with Crippen molar-refractivity contribution in [3.63, 3.8) is 0 Å². The number of carbonyl (C=O) groups is 1. The Kier molecular flexibility index (Phi) is 4.55. The van der Waals surface area contributed by atoms with Crippen molar-refractivity contribution in [2.45, 2.75) is 39.3 Å². The molecular formula is C14H21NO2. The van der Waals surface area contributed by atoms with Crippen molar-refractivity contribution in [2.24, 2.45) is 0 Å². The van der Waals surface area contributed by atoms with E-state index in [0.717, 1.165) is 12.0 Å². The summed E-state index contributed by atoms with van der Waals surface area (Å²) < 4.78 is 5.27. The molecule has 0 radical (unpaired) electrons. The third-order valence-corrected chi connectivity index (χ3v) is 3.25. The van der Waals surface area contributed by atoms with Crippen molar-refractivity contribution in [2.75, 3.05) is 7.05 Å². The van der Waals surface area contributed by atoms with E-state index in [1.807, 2.05) is 44.2 Å². The van der Waals surface area contributed by atoms with Crippen LogP contribution < -0.4 is 0 Å². The lowest BCUT2D eigenvalue weighted by molar-refractivity contribution is 0.0693. The fourth-order valence-corrected chi connectivity index (χ4v) is 1.30. The number of carbonyl (C=O) groups excluding carboxylic acids is 1. The second-order valence-electron chi connectivity index (χ2n) is 4.77. The number of rotatable bonds is 4. The molecule has 0 N–H and O–H groups in total. The quantitative estimate of drug-likeness (QED) is 0.800. The zero-order chi connectivity index (χ0) is 12.9. The zero-order valence-electron chi connectivity index (χ0n) is 11.1. The molecule has 0 saturated heterocycles. The minimum absolute atomic E-state index is 0.173. The average molecular weight is 235 g/mol. The van der Waals surface area contributed by atoms with E-state index in [2.05, 4.69) is 6.92 Å². The van der Waals surface area contributed by atoms with Crippen LogP contribution in [-0.4, -0.2) is 23.6 Å². The molecule has 17 heavy (non-hydrogen) atoms. The van der Waals surface area contributed by atoms with Gasteiger partial charge >= 0.3 is 6.09 Å². The lowest BCUT2D eigenvalue weighted by atomic mass is 10.0. The van der Waals surface area contributed by atoms with Gasteiger partial charge < -0.3 is 9.64 Å². The molecule has 94 valence electrons. The second kappa shape index (κ2) is 5.71. The molecule has 1 aromatic rings. The molecule has 0 atom stereocenters. The molecule has 3 heteroatoms. The summed E-state index contributed by atoms with van der Waals surface area (Å²) in [4.78, 5) is 13.5. The van der Waals surface area contributed by atoms with Gasteiger partial charge in [0.25, 0.3) is 0 Å². The van der Waals surface area contributed by atoms with Gasteiger partial charge in [0, 0.05) is 12.6 Å². The van der Waals surface area contributed by atoms with Gasteiger partial charge in [-0.1, -0.05) is 37.3 Å². The van der Waals surface area contributed by atoms with Crippen LogP contribution in [0.15, 0.2) is 30.3 Å². The van der Waals surface area contributed by atoms with E-state index in [-0.39, 0.29) is 11.6 Å². The van der Waals surface area contributed by atoms with Gasteiger partial charge in [-0.3, -0.25) is 0 Å². The highest BCUT2D eigenvalue weighted by Gasteiger charge is 2.26. The summed E-state index contributed by atoms with van der Waals surface area (Å²) in [7, 11) is 1.77. The van der Waals surface area contributed by atoms with Crippen molar-refractivity contribution in [3.8, 4) is 0 Å². The smallest absolute Gasteiger partial charge is 0.410 e. The minimum atomic E-state index is -0.277. The summed E-state index contributed by atoms with van der Waals surface area (Å²) in [5.74, 6) is 0. The van der Waals surface area contributed by atoms with Crippen LogP contribution in [0.4, 0.5) is 4.79 Å². The second-order valence-corrected chi connectivity index (χ2v) is 4.77. The zero-order valence-corrected chi connectivity index (χ0v) is 11.1. The Morgan fingerprint density at radius 1 is 1.29 bits per heavy atom. The summed E-state index contributed by atoms with van der Waals surface area (Å²) in [5, 5.41) is 0. The first-order chi connectivity index (χ1) is 7.97. The summed E-state index contributed by atoms with van der Waals surface area (Å²) >= 11 is 0. The fraction of sp³-hybridized carbons (Fsp3) is 0.500. The van der Waals surface area contributed by atoms with E-state index in [1.54, 1.807) is 11.9 Å². The van der Waals surface area contributed by atoms with Crippen LogP contribution in [0.5, 0.6) is 0 Å². The van der Waals surface area contributed by atoms with Crippen molar-refractivity contribution in [3.05, 3.63) is 35.9 Å². The molecular weight excluding hydrogens is 214 g/mol. The summed E-state index contributed by atoms with van der Waals surface area (Å²) in [5.41, 5.74) is 0.830. The van der Waals surface area contributed by atoms with Gasteiger partial charge in [0.05, 0.1) is 0 Å². The molecule has 1 amide bonds. The molecule has 0 spiro atoms. The molecule has 0 fully saturated rings. The van der Waals surface area contributed by atoms with E-state index in [4.69, 9.17) is 4.74 Å². The van der Waals surface area contributed by atoms with Gasteiger partial charge in [-0.05, 0) is 25.8 Å². The Morgan fingerprint density at radius 2 is 1.88 bits per heavy atom. The number of hydrogen-bond donors (Lipinski definition) is 0. The van der Waals surface area contributed by atoms with Gasteiger partial charge in [0.15, 0.2) is 0 Å². The highest BCUT2D eigenvalue weighted by Crippen LogP contribution is 2.17. The standard InChI is InChI=1S/C14H21NO2/c1-5-14(2,3)15(4)13(16)17-11-12-9-7-6-8-10-12/h6-10H,5,11H2,1-4H3. The molecule has 0 aliphatic carbocycles. The third-order valence-electron chi connectivity index (χ3n) is 3.25. The summed E-state index contributed by atoms with van der Waals surface area (Å²) in [6.45, 7) is 6.43. The average Bonchev–Trinajstić information content (AvgIpc) is 2.36. The first-order valence-electron chi connectivity index (χ1n) is 5.92. The van der Waals surface area contributed by atoms with Crippen molar-refractivity contribution in [1.82, 2.24) is 4.90 Å². The molecule has 0 unspecified atom stereocenters. The van der Waals surface area contributed by atoms with Gasteiger partial charge in [0.1, 0.15) is 6.61 Å². The Hall–Kier alpha value is -1.51. The SMILES string of the molecule is CCC(C)(C)N(C)C(=O)OCc1ccccc1. The first-order valence-corrected chi connectivity index (χ1v) is 5.92. The third kappa shape index (κ3) is 3.77. The van der Waals surface area contributed by atoms with Crippen LogP contribution in [0.2, 0.25) is 0 Å². The molecule has 0 aliphatic heterocycles. The summed E-state index contributed by atoms with van der Waals surface area (Å²) in [6.07, 6.45) is 0.616. The van der Waals surface area contributed by atoms with Crippen LogP contribution >= 0.6 is 0 Å². The molecule has 0 saturated carbocycles. The monoisotopic (exact) mass is 235 g/mol. The van der Waals surface area contributed by atoms with Crippen molar-refractivity contribution < 1.29 is 9.53 Å². The largest absolute Gasteiger partial charge is 0.445 e. The highest BCUT2D eigenvalue weighted by atomic mass is 16.6. The number of ether oxygens (including phenoxy) is 1. The first kappa shape index (κ1) is 13.6. The Balaban J connectivity index is 2.51. The molecule has 1 rings (SSSR count). The molecule has 3 nitrogen and oxygen atoms in total. The van der Waals surface area contributed by atoms with Crippen LogP contribution in [0, 0.1) is 0 Å². The molecule has 0 aliphatic rings. The maximum atomic E-state index is 11.8. The predicted octanol–water partition coefficient (Wildman–Crippen LogP) is 3.44. The van der Waals surface area contributed by atoms with Crippen LogP contribution in [0.1, 0.15) is 32.8 Å². The topological polar surface area (TPSA) is 29.5 Å². The molecule has 0 aromatic heterocycles. The van der Waals surface area contributed by atoms with Gasteiger partial charge in [0.2, 0.25) is 0 Å². The van der Waals surface area contributed by atoms with Crippen molar-refractivity contribution >= 4 is 6.09 Å². The summed E-state index contributed by atoms with van der Waals surface area (Å²) in [6, 6.07) is 9.69. The predicted molar refractivity (Wildman–Crippen MR) is 68.8 cm³/mol. The molecule has 0 heterocycles. The normalized spacial score (nSPS) is 11.1. The van der Waals surface area contributed by atoms with Crippen LogP contribution in [0.3, 0.4) is 0 Å². The van der Waals surface area contributed by atoms with Crippen LogP contribution in [0.25, 0.3) is 0 Å². The number of benzene rings is 1. The Morgan fingerprint density at radius 3 is 2.41 bits per heavy atom. The Bertz CT molecular complexity index is 360. The number of hydrogen-bond acceptors (Lipinski definition) is 2. The van der Waals surface area contributed by atoms with Gasteiger partial charge in [-0.25, -0.2) is 4.79 Å². The van der Waals surface area contributed by atoms with E-state index in [0.29, 0.717) is 6.61 Å². The fourth-order valence-electron chi connectivity index (χ4n) is 1.30. The van der Waals surface area contributed by atoms with E-state index >= 15 is 0 Å². The van der Waals surface area contributed by atoms with E-state index in [9.17, 15) is 4.79 Å². The van der Waals surface area contributed by atoms with Crippen molar-refractivity contribution in [1.29, 1.82) is 0 Å². The van der Waals surface area contributed by atoms with Crippen LogP contribution in [-0.2, 0) is 11.3 Å². The number of amides is 1. The minimum Gasteiger partial charge on any atom is -0.445 e. The lowest BCUT2D eigenvalue weighted by Gasteiger charge is -2.33. The Labute approximate surface area is 103 Å². The number of nitrogens with zero attached hydrogens (tertiary/aromatic N) is 1. The molecule has 1 aromatic carbocycles. The van der Waals surface area contributed by atoms with Gasteiger partial charge in [-0.15, -0.1) is 0 Å². The maximum absolute atomic E-state index is 11.8. The lowest BCUT2D eigenvalue weighted by Crippen LogP contribution is -2.44. The highest BCUT2D eigenvalue weighted by molar-refractivity contribution is 5.68. The van der Waals surface area contributed by atoms with E-state index in [1.165, 1.54) is 0 Å².